The third-order valence-corrected chi connectivity index (χ3v) is 1.92. The molecule has 1 aromatic rings. The van der Waals surface area contributed by atoms with Crippen molar-refractivity contribution in [2.24, 2.45) is 10.7 Å². The molecule has 0 atom stereocenters. The Bertz CT molecular complexity index is 366. The third-order valence-electron chi connectivity index (χ3n) is 1.59. The van der Waals surface area contributed by atoms with Gasteiger partial charge in [0.2, 0.25) is 0 Å². The fraction of sp³-hybridized carbons (Fsp3) is 0.364. The number of rotatable bonds is 1. The number of guanidine groups is 1. The Balaban J connectivity index is 2.79. The standard InChI is InChI=1S/C11H16ClN3/c1-11(2,3)15-10(13)14-9-7-5-4-6-8(9)12/h4-7H,1-3H3,(H3,13,14,15). The maximum absolute atomic E-state index is 5.97. The van der Waals surface area contributed by atoms with Gasteiger partial charge in [-0.3, -0.25) is 0 Å². The van der Waals surface area contributed by atoms with Gasteiger partial charge in [-0.2, -0.15) is 0 Å². The van der Waals surface area contributed by atoms with Crippen LogP contribution in [0.4, 0.5) is 5.69 Å². The van der Waals surface area contributed by atoms with Crippen LogP contribution in [0, 0.1) is 0 Å². The second kappa shape index (κ2) is 4.53. The molecule has 82 valence electrons. The van der Waals surface area contributed by atoms with E-state index in [1.54, 1.807) is 6.07 Å². The number of halogens is 1. The summed E-state index contributed by atoms with van der Waals surface area (Å²) >= 11 is 5.97. The molecular weight excluding hydrogens is 210 g/mol. The molecule has 1 rings (SSSR count). The van der Waals surface area contributed by atoms with E-state index in [0.717, 1.165) is 5.69 Å². The van der Waals surface area contributed by atoms with Crippen molar-refractivity contribution in [3.05, 3.63) is 29.3 Å². The van der Waals surface area contributed by atoms with Crippen LogP contribution in [0.1, 0.15) is 20.8 Å². The molecule has 0 saturated carbocycles. The Morgan fingerprint density at radius 2 is 1.93 bits per heavy atom. The number of hydrogen-bond acceptors (Lipinski definition) is 1. The first-order chi connectivity index (χ1) is 6.88. The molecule has 0 bridgehead atoms. The summed E-state index contributed by atoms with van der Waals surface area (Å²) in [7, 11) is 0. The summed E-state index contributed by atoms with van der Waals surface area (Å²) < 4.78 is 0. The van der Waals surface area contributed by atoms with Crippen LogP contribution < -0.4 is 11.1 Å². The van der Waals surface area contributed by atoms with Crippen LogP contribution in [0.2, 0.25) is 5.02 Å². The Kier molecular flexibility index (Phi) is 3.58. The number of nitrogens with zero attached hydrogens (tertiary/aromatic N) is 1. The average Bonchev–Trinajstić information content (AvgIpc) is 2.05. The van der Waals surface area contributed by atoms with Gasteiger partial charge < -0.3 is 11.1 Å². The lowest BCUT2D eigenvalue weighted by Crippen LogP contribution is -2.27. The van der Waals surface area contributed by atoms with Crippen LogP contribution in [0.5, 0.6) is 0 Å². The number of nitrogens with one attached hydrogen (secondary N) is 1. The van der Waals surface area contributed by atoms with Crippen LogP contribution in [0.25, 0.3) is 0 Å². The molecule has 0 spiro atoms. The van der Waals surface area contributed by atoms with Crippen LogP contribution in [0.3, 0.4) is 0 Å². The first-order valence-corrected chi connectivity index (χ1v) is 5.13. The lowest BCUT2D eigenvalue weighted by Gasteiger charge is -2.14. The Morgan fingerprint density at radius 3 is 2.47 bits per heavy atom. The first-order valence-electron chi connectivity index (χ1n) is 4.75. The zero-order valence-corrected chi connectivity index (χ0v) is 9.97. The average molecular weight is 226 g/mol. The molecule has 4 heteroatoms. The van der Waals surface area contributed by atoms with E-state index >= 15 is 0 Å². The fourth-order valence-corrected chi connectivity index (χ4v) is 1.27. The van der Waals surface area contributed by atoms with E-state index in [4.69, 9.17) is 17.3 Å². The summed E-state index contributed by atoms with van der Waals surface area (Å²) in [5.41, 5.74) is 6.31. The fourth-order valence-electron chi connectivity index (χ4n) is 1.09. The number of anilines is 1. The quantitative estimate of drug-likeness (QED) is 0.571. The Hall–Kier alpha value is -1.22. The maximum Gasteiger partial charge on any atom is 0.193 e. The number of hydrogen-bond donors (Lipinski definition) is 2. The second-order valence-corrected chi connectivity index (χ2v) is 4.68. The Labute approximate surface area is 95.3 Å². The summed E-state index contributed by atoms with van der Waals surface area (Å²) in [5, 5.41) is 3.59. The van der Waals surface area contributed by atoms with E-state index in [9.17, 15) is 0 Å². The number of nitrogens with two attached hydrogens (primary N) is 1. The van der Waals surface area contributed by atoms with E-state index in [1.807, 2.05) is 39.0 Å². The van der Waals surface area contributed by atoms with Gasteiger partial charge in [-0.25, -0.2) is 4.99 Å². The Morgan fingerprint density at radius 1 is 1.33 bits per heavy atom. The maximum atomic E-state index is 5.97. The minimum absolute atomic E-state index is 0.196. The molecule has 0 fully saturated rings. The molecule has 0 aromatic heterocycles. The van der Waals surface area contributed by atoms with E-state index in [1.165, 1.54) is 0 Å². The van der Waals surface area contributed by atoms with E-state index in [-0.39, 0.29) is 5.54 Å². The predicted octanol–water partition coefficient (Wildman–Crippen LogP) is 2.87. The number of benzene rings is 1. The number of aliphatic imine (C=N–C) groups is 1. The molecule has 3 nitrogen and oxygen atoms in total. The van der Waals surface area contributed by atoms with Gasteiger partial charge in [-0.1, -0.05) is 23.7 Å². The minimum atomic E-state index is -0.196. The van der Waals surface area contributed by atoms with Crippen LogP contribution in [0.15, 0.2) is 29.3 Å². The first kappa shape index (κ1) is 11.9. The largest absolute Gasteiger partial charge is 0.370 e. The van der Waals surface area contributed by atoms with E-state index in [2.05, 4.69) is 10.3 Å². The zero-order valence-electron chi connectivity index (χ0n) is 9.21. The van der Waals surface area contributed by atoms with Crippen molar-refractivity contribution in [3.63, 3.8) is 0 Å². The van der Waals surface area contributed by atoms with Gasteiger partial charge in [-0.15, -0.1) is 0 Å². The van der Waals surface area contributed by atoms with Gasteiger partial charge in [0.05, 0.1) is 16.2 Å². The van der Waals surface area contributed by atoms with Gasteiger partial charge in [0.15, 0.2) is 5.96 Å². The van der Waals surface area contributed by atoms with Crippen molar-refractivity contribution in [1.29, 1.82) is 0 Å². The van der Waals surface area contributed by atoms with Gasteiger partial charge in [-0.05, 0) is 32.9 Å². The highest BCUT2D eigenvalue weighted by Crippen LogP contribution is 2.20. The molecule has 3 N–H and O–H groups in total. The van der Waals surface area contributed by atoms with Crippen molar-refractivity contribution in [2.75, 3.05) is 5.32 Å². The lowest BCUT2D eigenvalue weighted by atomic mass is 10.1. The van der Waals surface area contributed by atoms with Crippen molar-refractivity contribution in [2.45, 2.75) is 26.3 Å². The predicted molar refractivity (Wildman–Crippen MR) is 66.5 cm³/mol. The highest BCUT2D eigenvalue weighted by Gasteiger charge is 2.08. The molecule has 0 radical (unpaired) electrons. The molecule has 0 saturated heterocycles. The third kappa shape index (κ3) is 4.21. The van der Waals surface area contributed by atoms with Crippen LogP contribution in [-0.2, 0) is 0 Å². The van der Waals surface area contributed by atoms with Crippen molar-refractivity contribution < 1.29 is 0 Å². The van der Waals surface area contributed by atoms with Crippen LogP contribution >= 0.6 is 11.6 Å². The molecule has 1 aromatic carbocycles. The molecule has 0 unspecified atom stereocenters. The topological polar surface area (TPSA) is 50.4 Å². The molecule has 0 amide bonds. The molecule has 0 aliphatic heterocycles. The number of para-hydroxylation sites is 1. The molecule has 0 aliphatic rings. The summed E-state index contributed by atoms with van der Waals surface area (Å²) in [6, 6.07) is 7.41. The van der Waals surface area contributed by atoms with Crippen LogP contribution in [-0.4, -0.2) is 11.5 Å². The molecule has 0 aliphatic carbocycles. The summed E-state index contributed by atoms with van der Waals surface area (Å²) in [6.07, 6.45) is 0. The summed E-state index contributed by atoms with van der Waals surface area (Å²) in [4.78, 5) is 4.27. The van der Waals surface area contributed by atoms with Gasteiger partial charge in [0.1, 0.15) is 0 Å². The zero-order chi connectivity index (χ0) is 11.5. The summed E-state index contributed by atoms with van der Waals surface area (Å²) in [6.45, 7) is 5.94. The smallest absolute Gasteiger partial charge is 0.193 e. The normalized spacial score (nSPS) is 12.7. The second-order valence-electron chi connectivity index (χ2n) is 4.27. The molecule has 15 heavy (non-hydrogen) atoms. The monoisotopic (exact) mass is 225 g/mol. The van der Waals surface area contributed by atoms with E-state index < -0.39 is 0 Å². The lowest BCUT2D eigenvalue weighted by molar-refractivity contribution is 0.583. The minimum Gasteiger partial charge on any atom is -0.370 e. The summed E-state index contributed by atoms with van der Waals surface area (Å²) in [5.74, 6) is 0.371. The van der Waals surface area contributed by atoms with Gasteiger partial charge in [0, 0.05) is 0 Å². The van der Waals surface area contributed by atoms with Gasteiger partial charge in [0.25, 0.3) is 0 Å². The highest BCUT2D eigenvalue weighted by atomic mass is 35.5. The van der Waals surface area contributed by atoms with Crippen molar-refractivity contribution in [3.8, 4) is 0 Å². The molecule has 0 heterocycles. The SMILES string of the molecule is CC(C)(C)N=C(N)Nc1ccccc1Cl. The van der Waals surface area contributed by atoms with Crippen molar-refractivity contribution >= 4 is 23.2 Å². The van der Waals surface area contributed by atoms with E-state index in [0.29, 0.717) is 11.0 Å². The van der Waals surface area contributed by atoms with Gasteiger partial charge >= 0.3 is 0 Å². The van der Waals surface area contributed by atoms with Crippen molar-refractivity contribution in [1.82, 2.24) is 0 Å². The highest BCUT2D eigenvalue weighted by molar-refractivity contribution is 6.33. The molecular formula is C11H16ClN3.